The van der Waals surface area contributed by atoms with E-state index in [4.69, 9.17) is 6.11 Å². The van der Waals surface area contributed by atoms with Crippen molar-refractivity contribution >= 4 is 11.6 Å². The average Bonchev–Trinajstić information content (AvgIpc) is 3.32. The van der Waals surface area contributed by atoms with Crippen molar-refractivity contribution in [2.45, 2.75) is 63.8 Å². The molecule has 5 aliphatic rings. The lowest BCUT2D eigenvalue weighted by molar-refractivity contribution is -0.165. The van der Waals surface area contributed by atoms with Gasteiger partial charge in [-0.3, -0.25) is 9.59 Å². The largest absolute Gasteiger partial charge is 0.388 e. The van der Waals surface area contributed by atoms with E-state index in [1.807, 2.05) is 13.8 Å². The van der Waals surface area contributed by atoms with Crippen LogP contribution in [0.3, 0.4) is 0 Å². The molecule has 0 bridgehead atoms. The van der Waals surface area contributed by atoms with E-state index in [9.17, 15) is 19.8 Å². The number of aliphatic hydroxyl groups excluding tert-OH is 1. The molecule has 8 atom stereocenters. The Morgan fingerprint density at radius 2 is 2.15 bits per heavy atom. The zero-order valence-electron chi connectivity index (χ0n) is 17.1. The topological polar surface area (TPSA) is 87.1 Å². The molecule has 4 fully saturated rings. The smallest absolute Gasteiger partial charge is 0.190 e. The van der Waals surface area contributed by atoms with Crippen LogP contribution in [0.4, 0.5) is 0 Å². The minimum absolute atomic E-state index is 0.0237. The summed E-state index contributed by atoms with van der Waals surface area (Å²) >= 11 is 0. The molecule has 2 unspecified atom stereocenters. The predicted octanol–water partition coefficient (Wildman–Crippen LogP) is 1.96. The molecule has 0 radical (unpaired) electrons. The van der Waals surface area contributed by atoms with Gasteiger partial charge >= 0.3 is 0 Å². The molecule has 5 nitrogen and oxygen atoms in total. The van der Waals surface area contributed by atoms with E-state index in [1.54, 1.807) is 12.2 Å². The summed E-state index contributed by atoms with van der Waals surface area (Å²) in [7, 11) is 0. The van der Waals surface area contributed by atoms with E-state index >= 15 is 0 Å². The number of hydrogen-bond donors (Lipinski definition) is 2. The number of carbonyl (C=O) groups is 2. The van der Waals surface area contributed by atoms with Gasteiger partial charge in [0.25, 0.3) is 0 Å². The predicted molar refractivity (Wildman–Crippen MR) is 97.7 cm³/mol. The third kappa shape index (κ3) is 1.73. The summed E-state index contributed by atoms with van der Waals surface area (Å²) in [6.45, 7) is 5.33. The number of hydrogen-bond acceptors (Lipinski definition) is 5. The van der Waals surface area contributed by atoms with Crippen molar-refractivity contribution in [3.8, 4) is 0 Å². The number of ketones is 2. The highest BCUT2D eigenvalue weighted by Gasteiger charge is 2.81. The Kier molecular flexibility index (Phi) is 3.08. The van der Waals surface area contributed by atoms with Gasteiger partial charge in [0.15, 0.2) is 11.6 Å². The Bertz CT molecular complexity index is 863. The van der Waals surface area contributed by atoms with Crippen LogP contribution < -0.4 is 0 Å². The molecule has 0 aromatic rings. The zero-order valence-corrected chi connectivity index (χ0v) is 16.1. The van der Waals surface area contributed by atoms with Crippen LogP contribution in [-0.2, 0) is 14.3 Å². The lowest BCUT2D eigenvalue weighted by Gasteiger charge is -2.55. The van der Waals surface area contributed by atoms with Crippen LogP contribution >= 0.6 is 0 Å². The standard InChI is InChI=1S/C22H28O5/c1-12-8-16-15-5-4-13-9-14(24)6-7-19(13,2)22(15)18(27-22)10-20(16,3)21(12,26)17(25)11-23/h6-7,9,12,15-16,18,23,26H,4-5,8,10-11H2,1-3H3/t12-,15+,16+,18?,19+,20+,21+,22?/m1/s1/i6T. The molecule has 1 saturated heterocycles. The van der Waals surface area contributed by atoms with Gasteiger partial charge in [-0.25, -0.2) is 0 Å². The van der Waals surface area contributed by atoms with Crippen LogP contribution in [-0.4, -0.2) is 45.7 Å². The van der Waals surface area contributed by atoms with Crippen molar-refractivity contribution in [2.75, 3.05) is 6.61 Å². The molecule has 0 aromatic carbocycles. The highest BCUT2D eigenvalue weighted by atomic mass is 16.6. The summed E-state index contributed by atoms with van der Waals surface area (Å²) in [5.41, 5.74) is -2.08. The van der Waals surface area contributed by atoms with Crippen molar-refractivity contribution in [2.24, 2.45) is 28.6 Å². The summed E-state index contributed by atoms with van der Waals surface area (Å²) in [4.78, 5) is 24.7. The summed E-state index contributed by atoms with van der Waals surface area (Å²) in [5.74, 6) is -0.703. The number of rotatable bonds is 2. The molecule has 4 aliphatic carbocycles. The van der Waals surface area contributed by atoms with Crippen molar-refractivity contribution in [1.29, 1.82) is 0 Å². The number of ether oxygens (including phenoxy) is 1. The highest BCUT2D eigenvalue weighted by Crippen LogP contribution is 2.76. The molecular formula is C22H28O5. The first-order valence-corrected chi connectivity index (χ1v) is 10.1. The van der Waals surface area contributed by atoms with Gasteiger partial charge in [0, 0.05) is 10.8 Å². The minimum atomic E-state index is -1.54. The van der Waals surface area contributed by atoms with E-state index < -0.39 is 34.4 Å². The van der Waals surface area contributed by atoms with Gasteiger partial charge in [-0.1, -0.05) is 25.5 Å². The van der Waals surface area contributed by atoms with Crippen molar-refractivity contribution in [3.05, 3.63) is 23.8 Å². The van der Waals surface area contributed by atoms with Crippen LogP contribution in [0.1, 0.15) is 47.8 Å². The molecule has 1 spiro atoms. The first-order valence-electron chi connectivity index (χ1n) is 10.6. The lowest BCUT2D eigenvalue weighted by atomic mass is 9.46. The molecule has 5 rings (SSSR count). The molecule has 146 valence electrons. The zero-order chi connectivity index (χ0) is 20.3. The average molecular weight is 374 g/mol. The maximum absolute atomic E-state index is 12.6. The Morgan fingerprint density at radius 3 is 2.85 bits per heavy atom. The van der Waals surface area contributed by atoms with Crippen molar-refractivity contribution in [1.82, 2.24) is 0 Å². The van der Waals surface area contributed by atoms with Gasteiger partial charge in [-0.15, -0.1) is 0 Å². The molecular weight excluding hydrogens is 344 g/mol. The van der Waals surface area contributed by atoms with Gasteiger partial charge in [0.05, 0.1) is 7.47 Å². The maximum Gasteiger partial charge on any atom is 0.190 e. The summed E-state index contributed by atoms with van der Waals surface area (Å²) in [5, 5.41) is 21.0. The fraction of sp³-hybridized carbons (Fsp3) is 0.727. The van der Waals surface area contributed by atoms with E-state index in [-0.39, 0.29) is 35.7 Å². The van der Waals surface area contributed by atoms with Gasteiger partial charge in [0.1, 0.15) is 17.8 Å². The van der Waals surface area contributed by atoms with E-state index in [0.29, 0.717) is 12.8 Å². The summed E-state index contributed by atoms with van der Waals surface area (Å²) in [6, 6.07) is 0.0237. The highest BCUT2D eigenvalue weighted by molar-refractivity contribution is 6.01. The molecule has 0 aromatic heterocycles. The van der Waals surface area contributed by atoms with E-state index in [2.05, 4.69) is 6.92 Å². The normalized spacial score (nSPS) is 56.0. The monoisotopic (exact) mass is 374 g/mol. The fourth-order valence-electron chi connectivity index (χ4n) is 7.61. The van der Waals surface area contributed by atoms with Crippen LogP contribution in [0.2, 0.25) is 0 Å². The minimum Gasteiger partial charge on any atom is -0.388 e. The molecule has 5 heteroatoms. The molecule has 1 aliphatic heterocycles. The Labute approximate surface area is 160 Å². The van der Waals surface area contributed by atoms with Crippen LogP contribution in [0, 0.1) is 28.6 Å². The first-order chi connectivity index (χ1) is 13.1. The molecule has 27 heavy (non-hydrogen) atoms. The van der Waals surface area contributed by atoms with Crippen LogP contribution in [0.5, 0.6) is 0 Å². The number of fused-ring (bicyclic) bond motifs is 3. The molecule has 3 saturated carbocycles. The third-order valence-corrected chi connectivity index (χ3v) is 8.99. The van der Waals surface area contributed by atoms with Crippen molar-refractivity contribution in [3.63, 3.8) is 0 Å². The quantitative estimate of drug-likeness (QED) is 0.722. The molecule has 0 amide bonds. The number of epoxide rings is 1. The number of Topliss-reactive ketones (excluding diaryl/α,β-unsaturated/α-hetero) is 1. The lowest BCUT2D eigenvalue weighted by Crippen LogP contribution is -2.62. The third-order valence-electron chi connectivity index (χ3n) is 8.99. The Hall–Kier alpha value is -1.30. The first kappa shape index (κ1) is 16.6. The summed E-state index contributed by atoms with van der Waals surface area (Å²) < 4.78 is 14.5. The fourth-order valence-corrected chi connectivity index (χ4v) is 7.61. The van der Waals surface area contributed by atoms with Crippen LogP contribution in [0.25, 0.3) is 0 Å². The van der Waals surface area contributed by atoms with Crippen molar-refractivity contribution < 1.29 is 25.9 Å². The SMILES string of the molecule is [3H]C1=C[C@@]2(C)C(=CC1=O)CC[C@H]1[C@@H]3C[C@@H](C)[C@](O)(C(=O)CO)[C@@]3(C)CC3OC312. The second kappa shape index (κ2) is 5.00. The number of allylic oxidation sites excluding steroid dienone is 2. The Balaban J connectivity index is 1.61. The Morgan fingerprint density at radius 1 is 1.41 bits per heavy atom. The second-order valence-electron chi connectivity index (χ2n) is 9.78. The summed E-state index contributed by atoms with van der Waals surface area (Å²) in [6.07, 6.45) is 6.18. The molecule has 2 N–H and O–H groups in total. The number of aliphatic hydroxyl groups is 2. The van der Waals surface area contributed by atoms with Gasteiger partial charge in [0.2, 0.25) is 0 Å². The van der Waals surface area contributed by atoms with Gasteiger partial charge in [-0.2, -0.15) is 0 Å². The number of carbonyl (C=O) groups excluding carboxylic acids is 2. The second-order valence-corrected chi connectivity index (χ2v) is 9.78. The van der Waals surface area contributed by atoms with Crippen LogP contribution in [0.15, 0.2) is 23.8 Å². The maximum atomic E-state index is 12.6. The van der Waals surface area contributed by atoms with Gasteiger partial charge < -0.3 is 14.9 Å². The van der Waals surface area contributed by atoms with Gasteiger partial charge in [-0.05, 0) is 62.5 Å². The van der Waals surface area contributed by atoms with E-state index in [0.717, 1.165) is 18.4 Å². The molecule has 1 heterocycles. The van der Waals surface area contributed by atoms with E-state index in [1.165, 1.54) is 0 Å².